The van der Waals surface area contributed by atoms with E-state index in [1.165, 1.54) is 11.1 Å². The molecule has 0 saturated heterocycles. The monoisotopic (exact) mass is 436 g/mol. The van der Waals surface area contributed by atoms with Crippen molar-refractivity contribution in [2.75, 3.05) is 6.61 Å². The number of carboxylic acids is 1. The fourth-order valence-electron chi connectivity index (χ4n) is 4.72. The Labute approximate surface area is 187 Å². The van der Waals surface area contributed by atoms with Crippen molar-refractivity contribution < 1.29 is 24.2 Å². The van der Waals surface area contributed by atoms with Crippen molar-refractivity contribution in [1.29, 1.82) is 0 Å². The first-order valence-electron chi connectivity index (χ1n) is 11.0. The van der Waals surface area contributed by atoms with Gasteiger partial charge in [0.2, 0.25) is 5.91 Å². The van der Waals surface area contributed by atoms with Gasteiger partial charge in [0.05, 0.1) is 0 Å². The Balaban J connectivity index is 1.22. The second-order valence-electron chi connectivity index (χ2n) is 8.77. The van der Waals surface area contributed by atoms with Crippen LogP contribution in [0.5, 0.6) is 0 Å². The topological polar surface area (TPSA) is 105 Å². The Morgan fingerprint density at radius 1 is 1.03 bits per heavy atom. The second-order valence-corrected chi connectivity index (χ2v) is 8.77. The summed E-state index contributed by atoms with van der Waals surface area (Å²) < 4.78 is 5.52. The quantitative estimate of drug-likeness (QED) is 0.586. The lowest BCUT2D eigenvalue weighted by Gasteiger charge is -2.35. The Bertz CT molecular complexity index is 969. The zero-order valence-corrected chi connectivity index (χ0v) is 18.0. The third-order valence-corrected chi connectivity index (χ3v) is 6.26. The third kappa shape index (κ3) is 4.93. The van der Waals surface area contributed by atoms with Crippen molar-refractivity contribution in [3.63, 3.8) is 0 Å². The molecular weight excluding hydrogens is 408 g/mol. The van der Waals surface area contributed by atoms with E-state index in [0.717, 1.165) is 11.1 Å². The van der Waals surface area contributed by atoms with Gasteiger partial charge in [-0.1, -0.05) is 48.5 Å². The molecule has 7 nitrogen and oxygen atoms in total. The first-order valence-corrected chi connectivity index (χ1v) is 11.0. The number of amides is 2. The van der Waals surface area contributed by atoms with Gasteiger partial charge in [-0.25, -0.2) is 4.79 Å². The number of carbonyl (C=O) groups excluding carboxylic acids is 2. The summed E-state index contributed by atoms with van der Waals surface area (Å²) in [7, 11) is 0. The Morgan fingerprint density at radius 2 is 1.62 bits per heavy atom. The molecule has 0 aromatic heterocycles. The molecule has 32 heavy (non-hydrogen) atoms. The van der Waals surface area contributed by atoms with Crippen LogP contribution in [-0.4, -0.2) is 41.8 Å². The first kappa shape index (κ1) is 21.9. The van der Waals surface area contributed by atoms with Gasteiger partial charge in [0.1, 0.15) is 6.61 Å². The van der Waals surface area contributed by atoms with Crippen molar-refractivity contribution >= 4 is 18.0 Å². The minimum absolute atomic E-state index is 0.0101. The molecule has 2 aromatic carbocycles. The van der Waals surface area contributed by atoms with Crippen LogP contribution in [0.3, 0.4) is 0 Å². The van der Waals surface area contributed by atoms with E-state index in [0.29, 0.717) is 12.8 Å². The summed E-state index contributed by atoms with van der Waals surface area (Å²) in [6, 6.07) is 15.9. The van der Waals surface area contributed by atoms with Crippen molar-refractivity contribution in [2.45, 2.75) is 50.6 Å². The SMILES string of the molecule is C[C@@H](CC(=O)NC1CC(CC(=O)O)C1)NC(=O)OCC1c2ccccc2-c2ccccc21. The van der Waals surface area contributed by atoms with Crippen LogP contribution in [0, 0.1) is 5.92 Å². The number of carboxylic acid groups (broad SMARTS) is 1. The zero-order chi connectivity index (χ0) is 22.7. The Hall–Kier alpha value is -3.35. The maximum absolute atomic E-state index is 12.3. The lowest BCUT2D eigenvalue weighted by atomic mass is 9.78. The van der Waals surface area contributed by atoms with Crippen LogP contribution in [-0.2, 0) is 14.3 Å². The highest BCUT2D eigenvalue weighted by Gasteiger charge is 2.32. The summed E-state index contributed by atoms with van der Waals surface area (Å²) in [5.41, 5.74) is 4.64. The van der Waals surface area contributed by atoms with Crippen molar-refractivity contribution in [2.24, 2.45) is 5.92 Å². The molecular formula is C25H28N2O5. The number of fused-ring (bicyclic) bond motifs is 3. The first-order chi connectivity index (χ1) is 15.4. The fraction of sp³-hybridized carbons (Fsp3) is 0.400. The van der Waals surface area contributed by atoms with Crippen molar-refractivity contribution in [3.05, 3.63) is 59.7 Å². The van der Waals surface area contributed by atoms with Gasteiger partial charge in [-0.05, 0) is 47.9 Å². The van der Waals surface area contributed by atoms with Gasteiger partial charge >= 0.3 is 12.1 Å². The van der Waals surface area contributed by atoms with Gasteiger partial charge in [0.15, 0.2) is 0 Å². The summed E-state index contributed by atoms with van der Waals surface area (Å²) in [5, 5.41) is 14.4. The van der Waals surface area contributed by atoms with Gasteiger partial charge in [-0.3, -0.25) is 9.59 Å². The van der Waals surface area contributed by atoms with Gasteiger partial charge < -0.3 is 20.5 Å². The fourth-order valence-corrected chi connectivity index (χ4v) is 4.72. The number of benzene rings is 2. The van der Waals surface area contributed by atoms with Crippen LogP contribution in [0.4, 0.5) is 4.79 Å². The summed E-state index contributed by atoms with van der Waals surface area (Å²) in [6.07, 6.45) is 1.12. The molecule has 1 atom stereocenters. The molecule has 2 aliphatic rings. The molecule has 2 aliphatic carbocycles. The number of carbonyl (C=O) groups is 3. The highest BCUT2D eigenvalue weighted by molar-refractivity contribution is 5.79. The zero-order valence-electron chi connectivity index (χ0n) is 18.0. The van der Waals surface area contributed by atoms with E-state index in [4.69, 9.17) is 9.84 Å². The number of ether oxygens (including phenoxy) is 1. The number of aliphatic carboxylic acids is 1. The molecule has 168 valence electrons. The van der Waals surface area contributed by atoms with Crippen LogP contribution in [0.25, 0.3) is 11.1 Å². The molecule has 1 saturated carbocycles. The molecule has 0 radical (unpaired) electrons. The van der Waals surface area contributed by atoms with Gasteiger partial charge in [0.25, 0.3) is 0 Å². The van der Waals surface area contributed by atoms with Crippen LogP contribution in [0.15, 0.2) is 48.5 Å². The standard InChI is InChI=1S/C25H28N2O5/c1-15(10-23(28)27-17-11-16(12-17)13-24(29)30)26-25(31)32-14-22-20-8-4-2-6-18(20)19-7-3-5-9-21(19)22/h2-9,15-17,22H,10-14H2,1H3,(H,26,31)(H,27,28)(H,29,30)/t15-,16?,17?/m0/s1. The predicted octanol–water partition coefficient (Wildman–Crippen LogP) is 3.67. The normalized spacial score (nSPS) is 19.8. The number of nitrogens with one attached hydrogen (secondary N) is 2. The van der Waals surface area contributed by atoms with Crippen molar-refractivity contribution in [3.8, 4) is 11.1 Å². The van der Waals surface area contributed by atoms with E-state index >= 15 is 0 Å². The van der Waals surface area contributed by atoms with Crippen molar-refractivity contribution in [1.82, 2.24) is 10.6 Å². The minimum atomic E-state index is -0.805. The average Bonchev–Trinajstić information content (AvgIpc) is 3.04. The Morgan fingerprint density at radius 3 is 2.22 bits per heavy atom. The molecule has 3 N–H and O–H groups in total. The predicted molar refractivity (Wildman–Crippen MR) is 119 cm³/mol. The lowest BCUT2D eigenvalue weighted by molar-refractivity contribution is -0.139. The van der Waals surface area contributed by atoms with Crippen LogP contribution in [0.1, 0.15) is 49.7 Å². The summed E-state index contributed by atoms with van der Waals surface area (Å²) in [5.74, 6) is -0.839. The molecule has 0 bridgehead atoms. The van der Waals surface area contributed by atoms with E-state index < -0.39 is 12.1 Å². The molecule has 0 spiro atoms. The summed E-state index contributed by atoms with van der Waals surface area (Å²) in [4.78, 5) is 35.2. The molecule has 0 aliphatic heterocycles. The lowest BCUT2D eigenvalue weighted by Crippen LogP contribution is -2.46. The maximum Gasteiger partial charge on any atom is 0.407 e. The summed E-state index contributed by atoms with van der Waals surface area (Å²) in [6.45, 7) is 1.99. The highest BCUT2D eigenvalue weighted by atomic mass is 16.5. The van der Waals surface area contributed by atoms with Crippen LogP contribution >= 0.6 is 0 Å². The molecule has 2 amide bonds. The van der Waals surface area contributed by atoms with Gasteiger partial charge in [-0.2, -0.15) is 0 Å². The smallest absolute Gasteiger partial charge is 0.407 e. The van der Waals surface area contributed by atoms with Crippen LogP contribution < -0.4 is 10.6 Å². The molecule has 4 rings (SSSR count). The minimum Gasteiger partial charge on any atom is -0.481 e. The van der Waals surface area contributed by atoms with E-state index in [2.05, 4.69) is 34.9 Å². The molecule has 1 fully saturated rings. The molecule has 0 heterocycles. The van der Waals surface area contributed by atoms with Crippen LogP contribution in [0.2, 0.25) is 0 Å². The van der Waals surface area contributed by atoms with E-state index in [9.17, 15) is 14.4 Å². The van der Waals surface area contributed by atoms with Gasteiger partial charge in [0, 0.05) is 30.8 Å². The molecule has 0 unspecified atom stereocenters. The Kier molecular flexibility index (Phi) is 6.44. The number of hydrogen-bond donors (Lipinski definition) is 3. The molecule has 7 heteroatoms. The van der Waals surface area contributed by atoms with E-state index in [1.54, 1.807) is 6.92 Å². The largest absolute Gasteiger partial charge is 0.481 e. The number of alkyl carbamates (subject to hydrolysis) is 1. The second kappa shape index (κ2) is 9.42. The van der Waals surface area contributed by atoms with E-state index in [1.807, 2.05) is 24.3 Å². The maximum atomic E-state index is 12.3. The average molecular weight is 437 g/mol. The number of hydrogen-bond acceptors (Lipinski definition) is 4. The summed E-state index contributed by atoms with van der Waals surface area (Å²) >= 11 is 0. The highest BCUT2D eigenvalue weighted by Crippen LogP contribution is 2.44. The number of rotatable bonds is 8. The third-order valence-electron chi connectivity index (χ3n) is 6.26. The molecule has 2 aromatic rings. The van der Waals surface area contributed by atoms with Gasteiger partial charge in [-0.15, -0.1) is 0 Å². The van der Waals surface area contributed by atoms with E-state index in [-0.39, 0.29) is 49.3 Å².